The average molecular weight is 285 g/mol. The number of halogens is 1. The van der Waals surface area contributed by atoms with E-state index in [9.17, 15) is 9.90 Å². The Morgan fingerprint density at radius 2 is 2.26 bits per heavy atom. The highest BCUT2D eigenvalue weighted by Crippen LogP contribution is 2.25. The van der Waals surface area contributed by atoms with E-state index in [1.54, 1.807) is 25.2 Å². The van der Waals surface area contributed by atoms with Crippen LogP contribution in [0.1, 0.15) is 10.4 Å². The summed E-state index contributed by atoms with van der Waals surface area (Å²) < 4.78 is 5.18. The minimum Gasteiger partial charge on any atom is -0.496 e. The van der Waals surface area contributed by atoms with Gasteiger partial charge in [0.15, 0.2) is 0 Å². The largest absolute Gasteiger partial charge is 0.496 e. The van der Waals surface area contributed by atoms with Gasteiger partial charge in [-0.3, -0.25) is 4.79 Å². The van der Waals surface area contributed by atoms with Gasteiger partial charge < -0.3 is 20.1 Å². The van der Waals surface area contributed by atoms with Crippen LogP contribution in [0.2, 0.25) is 5.02 Å². The molecule has 19 heavy (non-hydrogen) atoms. The molecule has 1 amide bonds. The van der Waals surface area contributed by atoms with E-state index in [4.69, 9.17) is 16.3 Å². The average Bonchev–Trinajstić information content (AvgIpc) is 2.83. The summed E-state index contributed by atoms with van der Waals surface area (Å²) in [7, 11) is 3.18. The number of aliphatic hydroxyl groups is 1. The fourth-order valence-corrected chi connectivity index (χ4v) is 2.41. The molecule has 1 aliphatic heterocycles. The monoisotopic (exact) mass is 284 g/mol. The molecule has 6 heteroatoms. The molecule has 0 bridgehead atoms. The number of hydrogen-bond acceptors (Lipinski definition) is 4. The molecular formula is C13H17ClN2O3. The van der Waals surface area contributed by atoms with E-state index < -0.39 is 6.10 Å². The first kappa shape index (κ1) is 14.1. The highest BCUT2D eigenvalue weighted by molar-refractivity contribution is 6.31. The molecule has 5 nitrogen and oxygen atoms in total. The van der Waals surface area contributed by atoms with Crippen molar-refractivity contribution >= 4 is 17.5 Å². The van der Waals surface area contributed by atoms with E-state index in [0.29, 0.717) is 29.4 Å². The van der Waals surface area contributed by atoms with E-state index in [1.807, 2.05) is 0 Å². The van der Waals surface area contributed by atoms with Crippen LogP contribution < -0.4 is 10.1 Å². The number of carbonyl (C=O) groups excluding carboxylic acids is 1. The van der Waals surface area contributed by atoms with Crippen molar-refractivity contribution in [2.45, 2.75) is 12.1 Å². The molecule has 1 fully saturated rings. The number of carbonyl (C=O) groups is 1. The Morgan fingerprint density at radius 1 is 1.53 bits per heavy atom. The van der Waals surface area contributed by atoms with E-state index in [0.717, 1.165) is 0 Å². The summed E-state index contributed by atoms with van der Waals surface area (Å²) in [4.78, 5) is 14.0. The van der Waals surface area contributed by atoms with Gasteiger partial charge in [0.2, 0.25) is 0 Å². The van der Waals surface area contributed by atoms with Crippen molar-refractivity contribution in [3.63, 3.8) is 0 Å². The summed E-state index contributed by atoms with van der Waals surface area (Å²) in [5, 5.41) is 13.3. The smallest absolute Gasteiger partial charge is 0.257 e. The minimum atomic E-state index is -0.556. The van der Waals surface area contributed by atoms with Gasteiger partial charge >= 0.3 is 0 Å². The number of likely N-dealkylation sites (N-methyl/N-ethyl adjacent to an activating group) is 1. The number of benzene rings is 1. The number of nitrogens with zero attached hydrogens (tertiary/aromatic N) is 1. The topological polar surface area (TPSA) is 61.8 Å². The number of aliphatic hydroxyl groups excluding tert-OH is 1. The fourth-order valence-electron chi connectivity index (χ4n) is 2.23. The van der Waals surface area contributed by atoms with Crippen LogP contribution >= 0.6 is 11.6 Å². The summed E-state index contributed by atoms with van der Waals surface area (Å²) in [5.41, 5.74) is 0.400. The van der Waals surface area contributed by atoms with Gasteiger partial charge in [-0.15, -0.1) is 0 Å². The van der Waals surface area contributed by atoms with E-state index in [1.165, 1.54) is 12.0 Å². The molecule has 0 unspecified atom stereocenters. The van der Waals surface area contributed by atoms with Crippen LogP contribution in [0, 0.1) is 0 Å². The van der Waals surface area contributed by atoms with Gasteiger partial charge in [0.1, 0.15) is 5.75 Å². The third-order valence-electron chi connectivity index (χ3n) is 3.36. The molecule has 1 heterocycles. The van der Waals surface area contributed by atoms with Gasteiger partial charge in [-0.2, -0.15) is 0 Å². The van der Waals surface area contributed by atoms with E-state index >= 15 is 0 Å². The summed E-state index contributed by atoms with van der Waals surface area (Å²) in [5.74, 6) is 0.258. The van der Waals surface area contributed by atoms with Gasteiger partial charge in [0.05, 0.1) is 24.8 Å². The normalized spacial score (nSPS) is 22.3. The molecule has 1 saturated heterocycles. The van der Waals surface area contributed by atoms with Crippen LogP contribution in [0.25, 0.3) is 0 Å². The van der Waals surface area contributed by atoms with Crippen LogP contribution in [0.5, 0.6) is 5.75 Å². The second kappa shape index (κ2) is 5.77. The van der Waals surface area contributed by atoms with Gasteiger partial charge in [-0.25, -0.2) is 0 Å². The number of rotatable bonds is 3. The van der Waals surface area contributed by atoms with Crippen molar-refractivity contribution < 1.29 is 14.6 Å². The number of ether oxygens (including phenoxy) is 1. The van der Waals surface area contributed by atoms with Gasteiger partial charge in [-0.1, -0.05) is 11.6 Å². The second-order valence-corrected chi connectivity index (χ2v) is 4.99. The molecule has 2 rings (SSSR count). The van der Waals surface area contributed by atoms with Gasteiger partial charge in [-0.05, 0) is 18.2 Å². The van der Waals surface area contributed by atoms with Crippen LogP contribution in [0.15, 0.2) is 18.2 Å². The predicted octanol–water partition coefficient (Wildman–Crippen LogP) is 0.753. The Morgan fingerprint density at radius 3 is 2.84 bits per heavy atom. The minimum absolute atomic E-state index is 0.216. The number of amides is 1. The summed E-state index contributed by atoms with van der Waals surface area (Å²) in [6.07, 6.45) is -0.556. The van der Waals surface area contributed by atoms with Crippen LogP contribution in [0.3, 0.4) is 0 Å². The van der Waals surface area contributed by atoms with Crippen molar-refractivity contribution in [3.8, 4) is 5.75 Å². The number of methoxy groups -OCH3 is 1. The van der Waals surface area contributed by atoms with Crippen molar-refractivity contribution in [1.29, 1.82) is 0 Å². The zero-order valence-electron chi connectivity index (χ0n) is 10.9. The Kier molecular flexibility index (Phi) is 4.29. The first-order valence-electron chi connectivity index (χ1n) is 6.04. The molecular weight excluding hydrogens is 268 g/mol. The third-order valence-corrected chi connectivity index (χ3v) is 3.60. The molecule has 0 aliphatic carbocycles. The highest BCUT2D eigenvalue weighted by atomic mass is 35.5. The Bertz CT molecular complexity index is 481. The first-order valence-corrected chi connectivity index (χ1v) is 6.42. The molecule has 2 atom stereocenters. The number of β-amino-alcohol motifs (C(OH)–C–C–N with tert-alkyl or cyclic N) is 1. The lowest BCUT2D eigenvalue weighted by Crippen LogP contribution is -2.44. The van der Waals surface area contributed by atoms with Crippen molar-refractivity contribution in [2.24, 2.45) is 0 Å². The second-order valence-electron chi connectivity index (χ2n) is 4.55. The molecule has 0 aromatic heterocycles. The van der Waals surface area contributed by atoms with Crippen LogP contribution in [0.4, 0.5) is 0 Å². The fraction of sp³-hybridized carbons (Fsp3) is 0.462. The Balaban J connectivity index is 2.25. The standard InChI is InChI=1S/C13H17ClN2O3/c1-16(10-6-15-7-11(10)17)13(18)9-5-8(14)3-4-12(9)19-2/h3-5,10-11,15,17H,6-7H2,1-2H3/t10-,11-/m0/s1. The Hall–Kier alpha value is -1.30. The molecule has 0 saturated carbocycles. The molecule has 0 radical (unpaired) electrons. The maximum absolute atomic E-state index is 12.5. The maximum atomic E-state index is 12.5. The maximum Gasteiger partial charge on any atom is 0.257 e. The number of hydrogen-bond donors (Lipinski definition) is 2. The molecule has 1 aliphatic rings. The van der Waals surface area contributed by atoms with Crippen molar-refractivity contribution in [2.75, 3.05) is 27.2 Å². The third kappa shape index (κ3) is 2.83. The van der Waals surface area contributed by atoms with Crippen LogP contribution in [-0.2, 0) is 0 Å². The van der Waals surface area contributed by atoms with Crippen molar-refractivity contribution in [3.05, 3.63) is 28.8 Å². The molecule has 0 spiro atoms. The molecule has 1 aromatic rings. The summed E-state index contributed by atoms with van der Waals surface area (Å²) in [6.45, 7) is 1.07. The van der Waals surface area contributed by atoms with Gasteiger partial charge in [0, 0.05) is 25.2 Å². The van der Waals surface area contributed by atoms with E-state index in [2.05, 4.69) is 5.32 Å². The zero-order chi connectivity index (χ0) is 14.0. The SMILES string of the molecule is COc1ccc(Cl)cc1C(=O)N(C)[C@H]1CNC[C@@H]1O. The highest BCUT2D eigenvalue weighted by Gasteiger charge is 2.32. The van der Waals surface area contributed by atoms with Gasteiger partial charge in [0.25, 0.3) is 5.91 Å². The zero-order valence-corrected chi connectivity index (χ0v) is 11.6. The van der Waals surface area contributed by atoms with E-state index in [-0.39, 0.29) is 11.9 Å². The lowest BCUT2D eigenvalue weighted by Gasteiger charge is -2.27. The summed E-state index contributed by atoms with van der Waals surface area (Å²) in [6, 6.07) is 4.67. The first-order chi connectivity index (χ1) is 9.04. The lowest BCUT2D eigenvalue weighted by molar-refractivity contribution is 0.0578. The Labute approximate surface area is 117 Å². The molecule has 1 aromatic carbocycles. The van der Waals surface area contributed by atoms with Crippen molar-refractivity contribution in [1.82, 2.24) is 10.2 Å². The number of nitrogens with one attached hydrogen (secondary N) is 1. The lowest BCUT2D eigenvalue weighted by atomic mass is 10.1. The summed E-state index contributed by atoms with van der Waals surface area (Å²) >= 11 is 5.92. The predicted molar refractivity (Wildman–Crippen MR) is 72.8 cm³/mol. The molecule has 104 valence electrons. The quantitative estimate of drug-likeness (QED) is 0.860. The van der Waals surface area contributed by atoms with Crippen LogP contribution in [-0.4, -0.2) is 55.3 Å². The molecule has 2 N–H and O–H groups in total.